The molecule has 2 aliphatic rings. The van der Waals surface area contributed by atoms with E-state index < -0.39 is 4.92 Å². The van der Waals surface area contributed by atoms with Crippen LogP contribution in [0.25, 0.3) is 0 Å². The molecule has 3 heterocycles. The largest absolute Gasteiger partial charge is 0.381 e. The summed E-state index contributed by atoms with van der Waals surface area (Å²) in [7, 11) is 0. The van der Waals surface area contributed by atoms with Crippen LogP contribution in [0.3, 0.4) is 0 Å². The molecule has 1 aromatic heterocycles. The van der Waals surface area contributed by atoms with Crippen LogP contribution < -0.4 is 5.32 Å². The van der Waals surface area contributed by atoms with E-state index in [4.69, 9.17) is 0 Å². The molecule has 126 valence electrons. The number of aryl methyl sites for hydroxylation is 2. The maximum atomic E-state index is 12.4. The van der Waals surface area contributed by atoms with Crippen molar-refractivity contribution in [2.45, 2.75) is 32.7 Å². The van der Waals surface area contributed by atoms with Crippen LogP contribution in [-0.4, -0.2) is 51.5 Å². The standard InChI is InChI=1S/C15H23N5O3/c1-11-17-14(20(22)23)10-19(11)7-4-15(21)18-5-2-12-8-16-9-13(12)3-6-18/h10,12-13,16H,2-9H2,1H3/t12-,13+. The Bertz CT molecular complexity index is 586. The Kier molecular flexibility index (Phi) is 4.61. The van der Waals surface area contributed by atoms with Crippen molar-refractivity contribution in [2.24, 2.45) is 11.8 Å². The molecule has 8 nitrogen and oxygen atoms in total. The minimum Gasteiger partial charge on any atom is -0.358 e. The van der Waals surface area contributed by atoms with Crippen molar-refractivity contribution in [3.05, 3.63) is 22.1 Å². The number of hydrogen-bond acceptors (Lipinski definition) is 5. The van der Waals surface area contributed by atoms with Crippen molar-refractivity contribution in [3.8, 4) is 0 Å². The number of carbonyl (C=O) groups excluding carboxylic acids is 1. The average Bonchev–Trinajstić information content (AvgIpc) is 3.07. The highest BCUT2D eigenvalue weighted by Gasteiger charge is 2.31. The zero-order valence-electron chi connectivity index (χ0n) is 13.4. The molecule has 1 aromatic rings. The van der Waals surface area contributed by atoms with Crippen LogP contribution >= 0.6 is 0 Å². The van der Waals surface area contributed by atoms with Crippen molar-refractivity contribution in [1.29, 1.82) is 0 Å². The van der Waals surface area contributed by atoms with Gasteiger partial charge in [-0.1, -0.05) is 0 Å². The summed E-state index contributed by atoms with van der Waals surface area (Å²) in [5, 5.41) is 14.2. The number of fused-ring (bicyclic) bond motifs is 1. The number of nitrogens with zero attached hydrogens (tertiary/aromatic N) is 4. The van der Waals surface area contributed by atoms with Crippen molar-refractivity contribution < 1.29 is 9.72 Å². The quantitative estimate of drug-likeness (QED) is 0.658. The molecule has 0 unspecified atom stereocenters. The summed E-state index contributed by atoms with van der Waals surface area (Å²) in [5.74, 6) is 1.94. The average molecular weight is 321 g/mol. The molecule has 0 spiro atoms. The third-order valence-corrected chi connectivity index (χ3v) is 5.09. The third-order valence-electron chi connectivity index (χ3n) is 5.09. The SMILES string of the molecule is Cc1nc([N+](=O)[O-])cn1CCC(=O)N1CC[C@@H]2CNC[C@@H]2CC1. The van der Waals surface area contributed by atoms with Crippen LogP contribution in [0.1, 0.15) is 25.1 Å². The summed E-state index contributed by atoms with van der Waals surface area (Å²) in [6, 6.07) is 0. The lowest BCUT2D eigenvalue weighted by Crippen LogP contribution is -2.33. The van der Waals surface area contributed by atoms with Gasteiger partial charge < -0.3 is 24.9 Å². The second-order valence-corrected chi connectivity index (χ2v) is 6.48. The van der Waals surface area contributed by atoms with E-state index in [9.17, 15) is 14.9 Å². The Morgan fingerprint density at radius 3 is 2.61 bits per heavy atom. The Hall–Kier alpha value is -1.96. The zero-order chi connectivity index (χ0) is 16.4. The lowest BCUT2D eigenvalue weighted by Gasteiger charge is -2.21. The van der Waals surface area contributed by atoms with Crippen LogP contribution in [0.15, 0.2) is 6.20 Å². The number of aromatic nitrogens is 2. The first-order valence-electron chi connectivity index (χ1n) is 8.21. The van der Waals surface area contributed by atoms with Gasteiger partial charge in [-0.05, 0) is 47.7 Å². The van der Waals surface area contributed by atoms with Gasteiger partial charge >= 0.3 is 5.82 Å². The van der Waals surface area contributed by atoms with E-state index in [1.54, 1.807) is 11.5 Å². The van der Waals surface area contributed by atoms with Gasteiger partial charge in [0.25, 0.3) is 0 Å². The minimum atomic E-state index is -0.507. The second kappa shape index (κ2) is 6.66. The van der Waals surface area contributed by atoms with Crippen LogP contribution in [0, 0.1) is 28.9 Å². The van der Waals surface area contributed by atoms with E-state index in [1.165, 1.54) is 6.20 Å². The Morgan fingerprint density at radius 1 is 1.39 bits per heavy atom. The minimum absolute atomic E-state index is 0.133. The molecule has 1 amide bonds. The van der Waals surface area contributed by atoms with Crippen molar-refractivity contribution in [3.63, 3.8) is 0 Å². The predicted octanol–water partition coefficient (Wildman–Crippen LogP) is 0.948. The molecule has 2 saturated heterocycles. The van der Waals surface area contributed by atoms with Gasteiger partial charge in [-0.3, -0.25) is 4.79 Å². The van der Waals surface area contributed by atoms with E-state index >= 15 is 0 Å². The van der Waals surface area contributed by atoms with Gasteiger partial charge in [-0.15, -0.1) is 0 Å². The van der Waals surface area contributed by atoms with Crippen LogP contribution in [0.4, 0.5) is 5.82 Å². The summed E-state index contributed by atoms with van der Waals surface area (Å²) in [6.07, 6.45) is 3.90. The summed E-state index contributed by atoms with van der Waals surface area (Å²) in [5.41, 5.74) is 0. The fraction of sp³-hybridized carbons (Fsp3) is 0.733. The number of imidazole rings is 1. The number of carbonyl (C=O) groups is 1. The number of nitrogens with one attached hydrogen (secondary N) is 1. The number of nitro groups is 1. The second-order valence-electron chi connectivity index (χ2n) is 6.48. The van der Waals surface area contributed by atoms with Crippen LogP contribution in [0.2, 0.25) is 0 Å². The smallest absolute Gasteiger partial charge is 0.358 e. The van der Waals surface area contributed by atoms with Crippen molar-refractivity contribution in [2.75, 3.05) is 26.2 Å². The van der Waals surface area contributed by atoms with Gasteiger partial charge in [-0.2, -0.15) is 0 Å². The van der Waals surface area contributed by atoms with E-state index in [0.717, 1.165) is 39.0 Å². The van der Waals surface area contributed by atoms with Crippen LogP contribution in [0.5, 0.6) is 0 Å². The summed E-state index contributed by atoms with van der Waals surface area (Å²) in [4.78, 5) is 28.5. The molecule has 0 saturated carbocycles. The Morgan fingerprint density at radius 2 is 2.04 bits per heavy atom. The van der Waals surface area contributed by atoms with E-state index in [1.807, 2.05) is 4.90 Å². The van der Waals surface area contributed by atoms with Gasteiger partial charge in [0, 0.05) is 33.0 Å². The van der Waals surface area contributed by atoms with Crippen molar-refractivity contribution >= 4 is 11.7 Å². The summed E-state index contributed by atoms with van der Waals surface area (Å²) >= 11 is 0. The van der Waals surface area contributed by atoms with Gasteiger partial charge in [0.15, 0.2) is 0 Å². The topological polar surface area (TPSA) is 93.3 Å². The molecule has 0 aromatic carbocycles. The van der Waals surface area contributed by atoms with Gasteiger partial charge in [0.05, 0.1) is 0 Å². The highest BCUT2D eigenvalue weighted by Crippen LogP contribution is 2.27. The van der Waals surface area contributed by atoms with Gasteiger partial charge in [-0.25, -0.2) is 0 Å². The first-order valence-corrected chi connectivity index (χ1v) is 8.21. The fourth-order valence-electron chi connectivity index (χ4n) is 3.65. The lowest BCUT2D eigenvalue weighted by molar-refractivity contribution is -0.389. The molecule has 0 bridgehead atoms. The summed E-state index contributed by atoms with van der Waals surface area (Å²) in [6.45, 7) is 5.96. The molecule has 2 atom stereocenters. The maximum absolute atomic E-state index is 12.4. The molecule has 2 aliphatic heterocycles. The molecule has 2 fully saturated rings. The monoisotopic (exact) mass is 321 g/mol. The molecular formula is C15H23N5O3. The molecule has 8 heteroatoms. The van der Waals surface area contributed by atoms with E-state index in [0.29, 0.717) is 30.6 Å². The summed E-state index contributed by atoms with van der Waals surface area (Å²) < 4.78 is 1.69. The third kappa shape index (κ3) is 3.52. The molecule has 1 N–H and O–H groups in total. The lowest BCUT2D eigenvalue weighted by atomic mass is 9.92. The Labute approximate surface area is 135 Å². The molecule has 3 rings (SSSR count). The normalized spacial score (nSPS) is 24.3. The highest BCUT2D eigenvalue weighted by molar-refractivity contribution is 5.76. The van der Waals surface area contributed by atoms with Gasteiger partial charge in [0.2, 0.25) is 11.7 Å². The van der Waals surface area contributed by atoms with E-state index in [-0.39, 0.29) is 11.7 Å². The zero-order valence-corrected chi connectivity index (χ0v) is 13.4. The first kappa shape index (κ1) is 15.9. The van der Waals surface area contributed by atoms with Gasteiger partial charge in [0.1, 0.15) is 6.20 Å². The predicted molar refractivity (Wildman–Crippen MR) is 83.9 cm³/mol. The fourth-order valence-corrected chi connectivity index (χ4v) is 3.65. The molecule has 0 radical (unpaired) electrons. The maximum Gasteiger partial charge on any atom is 0.381 e. The van der Waals surface area contributed by atoms with E-state index in [2.05, 4.69) is 10.3 Å². The molecular weight excluding hydrogens is 298 g/mol. The van der Waals surface area contributed by atoms with Crippen molar-refractivity contribution in [1.82, 2.24) is 19.8 Å². The number of likely N-dealkylation sites (tertiary alicyclic amines) is 1. The highest BCUT2D eigenvalue weighted by atomic mass is 16.6. The first-order chi connectivity index (χ1) is 11.0. The number of hydrogen-bond donors (Lipinski definition) is 1. The van der Waals surface area contributed by atoms with Crippen LogP contribution in [-0.2, 0) is 11.3 Å². The molecule has 0 aliphatic carbocycles. The number of amides is 1. The Balaban J connectivity index is 1.54. The number of rotatable bonds is 4. The molecule has 23 heavy (non-hydrogen) atoms.